The summed E-state index contributed by atoms with van der Waals surface area (Å²) in [6, 6.07) is 13.5. The summed E-state index contributed by atoms with van der Waals surface area (Å²) >= 11 is 0. The second-order valence-electron chi connectivity index (χ2n) is 5.32. The van der Waals surface area contributed by atoms with Crippen molar-refractivity contribution in [2.45, 2.75) is 13.8 Å². The number of ether oxygens (including phenoxy) is 1. The number of benzene rings is 2. The van der Waals surface area contributed by atoms with Crippen molar-refractivity contribution in [2.75, 3.05) is 23.8 Å². The van der Waals surface area contributed by atoms with Crippen LogP contribution in [0.1, 0.15) is 11.1 Å². The van der Waals surface area contributed by atoms with Crippen LogP contribution in [-0.4, -0.2) is 19.1 Å². The maximum atomic E-state index is 12.1. The molecule has 0 bridgehead atoms. The number of aryl methyl sites for hydroxylation is 2. The van der Waals surface area contributed by atoms with Crippen molar-refractivity contribution in [2.24, 2.45) is 0 Å². The van der Waals surface area contributed by atoms with E-state index >= 15 is 0 Å². The molecule has 2 aromatic carbocycles. The molecule has 0 fully saturated rings. The fraction of sp³-hybridized carbons (Fsp3) is 0.211. The minimum Gasteiger partial charge on any atom is -0.487 e. The molecule has 0 unspecified atom stereocenters. The van der Waals surface area contributed by atoms with Crippen molar-refractivity contribution < 1.29 is 9.53 Å². The van der Waals surface area contributed by atoms with E-state index in [-0.39, 0.29) is 12.5 Å². The molecule has 2 N–H and O–H groups in total. The zero-order valence-electron chi connectivity index (χ0n) is 13.6. The van der Waals surface area contributed by atoms with Crippen LogP contribution in [0.2, 0.25) is 0 Å². The van der Waals surface area contributed by atoms with Gasteiger partial charge in [-0.05, 0) is 37.6 Å². The lowest BCUT2D eigenvalue weighted by molar-refractivity contribution is -0.114. The van der Waals surface area contributed by atoms with Gasteiger partial charge in [0.1, 0.15) is 12.4 Å². The summed E-state index contributed by atoms with van der Waals surface area (Å²) in [6.07, 6.45) is 1.68. The second-order valence-corrected chi connectivity index (χ2v) is 5.32. The van der Waals surface area contributed by atoms with E-state index in [9.17, 15) is 4.79 Å². The van der Waals surface area contributed by atoms with Crippen LogP contribution in [0, 0.1) is 13.8 Å². The average molecular weight is 310 g/mol. The van der Waals surface area contributed by atoms with Crippen molar-refractivity contribution in [3.63, 3.8) is 0 Å². The van der Waals surface area contributed by atoms with Crippen LogP contribution < -0.4 is 15.4 Å². The van der Waals surface area contributed by atoms with Gasteiger partial charge < -0.3 is 15.4 Å². The van der Waals surface area contributed by atoms with Gasteiger partial charge in [-0.2, -0.15) is 0 Å². The molecule has 0 aliphatic carbocycles. The number of para-hydroxylation sites is 2. The first-order valence-corrected chi connectivity index (χ1v) is 7.54. The Hall–Kier alpha value is -2.75. The largest absolute Gasteiger partial charge is 0.487 e. The molecular formula is C19H22N2O2. The molecule has 4 heteroatoms. The van der Waals surface area contributed by atoms with Gasteiger partial charge in [0.05, 0.1) is 12.2 Å². The topological polar surface area (TPSA) is 50.4 Å². The number of amides is 1. The first-order chi connectivity index (χ1) is 11.1. The summed E-state index contributed by atoms with van der Waals surface area (Å²) in [7, 11) is 0. The molecule has 2 rings (SSSR count). The number of nitrogens with one attached hydrogen (secondary N) is 2. The second kappa shape index (κ2) is 8.03. The fourth-order valence-corrected chi connectivity index (χ4v) is 2.21. The molecule has 1 amide bonds. The third-order valence-electron chi connectivity index (χ3n) is 3.34. The van der Waals surface area contributed by atoms with Gasteiger partial charge in [0.15, 0.2) is 0 Å². The molecule has 0 aliphatic heterocycles. The molecule has 0 aromatic heterocycles. The van der Waals surface area contributed by atoms with Gasteiger partial charge in [-0.1, -0.05) is 42.5 Å². The zero-order valence-corrected chi connectivity index (χ0v) is 13.6. The van der Waals surface area contributed by atoms with Crippen LogP contribution in [0.4, 0.5) is 11.4 Å². The highest BCUT2D eigenvalue weighted by molar-refractivity contribution is 5.94. The fourth-order valence-electron chi connectivity index (χ4n) is 2.21. The van der Waals surface area contributed by atoms with Gasteiger partial charge in [-0.25, -0.2) is 0 Å². The van der Waals surface area contributed by atoms with Crippen LogP contribution in [0.15, 0.2) is 55.1 Å². The van der Waals surface area contributed by atoms with Crippen LogP contribution in [-0.2, 0) is 4.79 Å². The predicted octanol–water partition coefficient (Wildman–Crippen LogP) is 3.92. The zero-order chi connectivity index (χ0) is 16.7. The Morgan fingerprint density at radius 3 is 2.70 bits per heavy atom. The quantitative estimate of drug-likeness (QED) is 0.762. The number of anilines is 2. The highest BCUT2D eigenvalue weighted by Gasteiger charge is 2.07. The number of hydrogen-bond donors (Lipinski definition) is 2. The van der Waals surface area contributed by atoms with E-state index in [1.54, 1.807) is 6.08 Å². The molecule has 0 saturated heterocycles. The Kier molecular flexibility index (Phi) is 5.80. The molecule has 4 nitrogen and oxygen atoms in total. The van der Waals surface area contributed by atoms with E-state index < -0.39 is 0 Å². The SMILES string of the molecule is C=CCOc1ccccc1NCC(=O)Nc1ccc(C)cc1C. The first kappa shape index (κ1) is 16.6. The Labute approximate surface area is 137 Å². The standard InChI is InChI=1S/C19H22N2O2/c1-4-11-23-18-8-6-5-7-17(18)20-13-19(22)21-16-10-9-14(2)12-15(16)3/h4-10,12,20H,1,11,13H2,2-3H3,(H,21,22). The Morgan fingerprint density at radius 1 is 1.17 bits per heavy atom. The summed E-state index contributed by atoms with van der Waals surface area (Å²) in [5.41, 5.74) is 3.84. The van der Waals surface area contributed by atoms with Crippen molar-refractivity contribution in [1.29, 1.82) is 0 Å². The summed E-state index contributed by atoms with van der Waals surface area (Å²) in [4.78, 5) is 12.1. The molecule has 120 valence electrons. The number of carbonyl (C=O) groups excluding carboxylic acids is 1. The van der Waals surface area contributed by atoms with E-state index in [2.05, 4.69) is 17.2 Å². The van der Waals surface area contributed by atoms with E-state index in [4.69, 9.17) is 4.74 Å². The Balaban J connectivity index is 1.95. The molecule has 0 heterocycles. The molecule has 0 radical (unpaired) electrons. The minimum absolute atomic E-state index is 0.101. The molecule has 0 atom stereocenters. The predicted molar refractivity (Wildman–Crippen MR) is 95.2 cm³/mol. The highest BCUT2D eigenvalue weighted by atomic mass is 16.5. The highest BCUT2D eigenvalue weighted by Crippen LogP contribution is 2.23. The normalized spacial score (nSPS) is 10.0. The summed E-state index contributed by atoms with van der Waals surface area (Å²) in [6.45, 7) is 8.23. The minimum atomic E-state index is -0.101. The van der Waals surface area contributed by atoms with Gasteiger partial charge in [-0.15, -0.1) is 0 Å². The lowest BCUT2D eigenvalue weighted by Gasteiger charge is -2.13. The van der Waals surface area contributed by atoms with Crippen molar-refractivity contribution in [3.05, 3.63) is 66.2 Å². The van der Waals surface area contributed by atoms with E-state index in [1.165, 1.54) is 5.56 Å². The van der Waals surface area contributed by atoms with Crippen LogP contribution in [0.3, 0.4) is 0 Å². The lowest BCUT2D eigenvalue weighted by Crippen LogP contribution is -2.22. The molecule has 0 aliphatic rings. The first-order valence-electron chi connectivity index (χ1n) is 7.54. The summed E-state index contributed by atoms with van der Waals surface area (Å²) in [5, 5.41) is 6.01. The lowest BCUT2D eigenvalue weighted by atomic mass is 10.1. The monoisotopic (exact) mass is 310 g/mol. The van der Waals surface area contributed by atoms with Crippen molar-refractivity contribution in [1.82, 2.24) is 0 Å². The Bertz CT molecular complexity index is 696. The third kappa shape index (κ3) is 4.88. The smallest absolute Gasteiger partial charge is 0.243 e. The molecule has 0 saturated carbocycles. The van der Waals surface area contributed by atoms with E-state index in [1.807, 2.05) is 56.3 Å². The van der Waals surface area contributed by atoms with Crippen molar-refractivity contribution in [3.8, 4) is 5.75 Å². The molecule has 2 aromatic rings. The van der Waals surface area contributed by atoms with Gasteiger partial charge in [-0.3, -0.25) is 4.79 Å². The number of hydrogen-bond acceptors (Lipinski definition) is 3. The van der Waals surface area contributed by atoms with Gasteiger partial charge in [0.25, 0.3) is 0 Å². The maximum absolute atomic E-state index is 12.1. The molecule has 0 spiro atoms. The number of carbonyl (C=O) groups is 1. The molecule has 23 heavy (non-hydrogen) atoms. The van der Waals surface area contributed by atoms with Crippen LogP contribution in [0.25, 0.3) is 0 Å². The summed E-state index contributed by atoms with van der Waals surface area (Å²) < 4.78 is 5.56. The summed E-state index contributed by atoms with van der Waals surface area (Å²) in [5.74, 6) is 0.599. The molecular weight excluding hydrogens is 288 g/mol. The number of rotatable bonds is 7. The average Bonchev–Trinajstić information content (AvgIpc) is 2.54. The Morgan fingerprint density at radius 2 is 1.96 bits per heavy atom. The van der Waals surface area contributed by atoms with E-state index in [0.29, 0.717) is 12.4 Å². The van der Waals surface area contributed by atoms with Crippen LogP contribution in [0.5, 0.6) is 5.75 Å². The van der Waals surface area contributed by atoms with Crippen molar-refractivity contribution >= 4 is 17.3 Å². The third-order valence-corrected chi connectivity index (χ3v) is 3.34. The van der Waals surface area contributed by atoms with Gasteiger partial charge in [0, 0.05) is 5.69 Å². The van der Waals surface area contributed by atoms with Crippen LogP contribution >= 0.6 is 0 Å². The maximum Gasteiger partial charge on any atom is 0.243 e. The van der Waals surface area contributed by atoms with Gasteiger partial charge >= 0.3 is 0 Å². The van der Waals surface area contributed by atoms with E-state index in [0.717, 1.165) is 16.9 Å². The van der Waals surface area contributed by atoms with Gasteiger partial charge in [0.2, 0.25) is 5.91 Å².